The Morgan fingerprint density at radius 3 is 2.58 bits per heavy atom. The summed E-state index contributed by atoms with van der Waals surface area (Å²) in [5, 5.41) is 3.34. The Kier molecular flexibility index (Phi) is 4.91. The minimum Gasteiger partial charge on any atom is -0.342 e. The van der Waals surface area contributed by atoms with Crippen molar-refractivity contribution < 1.29 is 9.18 Å². The number of benzene rings is 1. The standard InChI is InChI=1S/C15H21FN2O/c1-18(11-8-12-6-9-17-10-7-12)15(19)13-2-4-14(16)5-3-13/h2-5,12,17H,6-11H2,1H3. The minimum atomic E-state index is -0.311. The molecule has 0 aliphatic carbocycles. The molecule has 0 atom stereocenters. The van der Waals surface area contributed by atoms with Gasteiger partial charge in [0.05, 0.1) is 0 Å². The number of piperidine rings is 1. The molecular formula is C15H21FN2O. The highest BCUT2D eigenvalue weighted by Crippen LogP contribution is 2.16. The second-order valence-electron chi connectivity index (χ2n) is 5.22. The lowest BCUT2D eigenvalue weighted by molar-refractivity contribution is 0.0784. The number of carbonyl (C=O) groups is 1. The minimum absolute atomic E-state index is 0.0334. The van der Waals surface area contributed by atoms with Gasteiger partial charge in [-0.05, 0) is 62.5 Å². The Morgan fingerprint density at radius 1 is 1.32 bits per heavy atom. The van der Waals surface area contributed by atoms with Crippen molar-refractivity contribution in [2.75, 3.05) is 26.7 Å². The summed E-state index contributed by atoms with van der Waals surface area (Å²) >= 11 is 0. The molecular weight excluding hydrogens is 243 g/mol. The highest BCUT2D eigenvalue weighted by atomic mass is 19.1. The molecule has 19 heavy (non-hydrogen) atoms. The molecule has 0 radical (unpaired) electrons. The van der Waals surface area contributed by atoms with Crippen LogP contribution in [0, 0.1) is 11.7 Å². The number of nitrogens with zero attached hydrogens (tertiary/aromatic N) is 1. The summed E-state index contributed by atoms with van der Waals surface area (Å²) in [6.07, 6.45) is 3.43. The largest absolute Gasteiger partial charge is 0.342 e. The molecule has 1 aliphatic heterocycles. The van der Waals surface area contributed by atoms with E-state index < -0.39 is 0 Å². The monoisotopic (exact) mass is 264 g/mol. The molecule has 1 aromatic rings. The van der Waals surface area contributed by atoms with E-state index in [2.05, 4.69) is 5.32 Å². The molecule has 1 fully saturated rings. The van der Waals surface area contributed by atoms with Gasteiger partial charge in [0.1, 0.15) is 5.82 Å². The molecule has 2 rings (SSSR count). The number of nitrogens with one attached hydrogen (secondary N) is 1. The quantitative estimate of drug-likeness (QED) is 0.905. The Bertz CT molecular complexity index is 413. The van der Waals surface area contributed by atoms with Crippen LogP contribution in [-0.2, 0) is 0 Å². The van der Waals surface area contributed by atoms with Crippen LogP contribution in [0.5, 0.6) is 0 Å². The maximum absolute atomic E-state index is 12.8. The molecule has 1 aliphatic rings. The Labute approximate surface area is 113 Å². The van der Waals surface area contributed by atoms with Crippen LogP contribution < -0.4 is 5.32 Å². The van der Waals surface area contributed by atoms with Crippen molar-refractivity contribution in [2.24, 2.45) is 5.92 Å². The summed E-state index contributed by atoms with van der Waals surface area (Å²) in [5.41, 5.74) is 0.550. The van der Waals surface area contributed by atoms with Crippen LogP contribution in [0.1, 0.15) is 29.6 Å². The van der Waals surface area contributed by atoms with Gasteiger partial charge in [-0.2, -0.15) is 0 Å². The van der Waals surface area contributed by atoms with Gasteiger partial charge in [-0.3, -0.25) is 4.79 Å². The molecule has 1 amide bonds. The summed E-state index contributed by atoms with van der Waals surface area (Å²) in [6.45, 7) is 2.93. The van der Waals surface area contributed by atoms with Crippen LogP contribution >= 0.6 is 0 Å². The topological polar surface area (TPSA) is 32.3 Å². The molecule has 104 valence electrons. The van der Waals surface area contributed by atoms with E-state index in [-0.39, 0.29) is 11.7 Å². The van der Waals surface area contributed by atoms with Crippen LogP contribution in [0.15, 0.2) is 24.3 Å². The fraction of sp³-hybridized carbons (Fsp3) is 0.533. The van der Waals surface area contributed by atoms with Crippen LogP contribution in [-0.4, -0.2) is 37.5 Å². The third-order valence-corrected chi connectivity index (χ3v) is 3.77. The predicted octanol–water partition coefficient (Wildman–Crippen LogP) is 2.29. The van der Waals surface area contributed by atoms with Gasteiger partial charge in [-0.1, -0.05) is 0 Å². The lowest BCUT2D eigenvalue weighted by atomic mass is 9.94. The molecule has 0 aromatic heterocycles. The van der Waals surface area contributed by atoms with E-state index in [1.54, 1.807) is 17.0 Å². The maximum Gasteiger partial charge on any atom is 0.253 e. The summed E-state index contributed by atoms with van der Waals surface area (Å²) in [5.74, 6) is 0.368. The first kappa shape index (κ1) is 14.0. The van der Waals surface area contributed by atoms with Crippen molar-refractivity contribution in [1.82, 2.24) is 10.2 Å². The SMILES string of the molecule is CN(CCC1CCNCC1)C(=O)c1ccc(F)cc1. The number of halogens is 1. The van der Waals surface area contributed by atoms with Crippen molar-refractivity contribution in [2.45, 2.75) is 19.3 Å². The van der Waals surface area contributed by atoms with Gasteiger partial charge in [0.15, 0.2) is 0 Å². The molecule has 3 nitrogen and oxygen atoms in total. The van der Waals surface area contributed by atoms with Crippen LogP contribution in [0.2, 0.25) is 0 Å². The van der Waals surface area contributed by atoms with E-state index in [9.17, 15) is 9.18 Å². The Balaban J connectivity index is 1.83. The first-order chi connectivity index (χ1) is 9.16. The average Bonchev–Trinajstić information content (AvgIpc) is 2.46. The first-order valence-electron chi connectivity index (χ1n) is 6.88. The molecule has 0 unspecified atom stereocenters. The van der Waals surface area contributed by atoms with E-state index in [4.69, 9.17) is 0 Å². The zero-order valence-corrected chi connectivity index (χ0v) is 11.4. The number of hydrogen-bond donors (Lipinski definition) is 1. The van der Waals surface area contributed by atoms with E-state index in [0.717, 1.165) is 26.1 Å². The molecule has 0 spiro atoms. The van der Waals surface area contributed by atoms with E-state index in [1.807, 2.05) is 7.05 Å². The van der Waals surface area contributed by atoms with Crippen molar-refractivity contribution in [3.05, 3.63) is 35.6 Å². The van der Waals surface area contributed by atoms with Crippen LogP contribution in [0.25, 0.3) is 0 Å². The van der Waals surface area contributed by atoms with Gasteiger partial charge in [0.25, 0.3) is 5.91 Å². The van der Waals surface area contributed by atoms with E-state index in [0.29, 0.717) is 11.5 Å². The third-order valence-electron chi connectivity index (χ3n) is 3.77. The first-order valence-corrected chi connectivity index (χ1v) is 6.88. The number of hydrogen-bond acceptors (Lipinski definition) is 2. The molecule has 1 aromatic carbocycles. The van der Waals surface area contributed by atoms with Crippen molar-refractivity contribution in [3.8, 4) is 0 Å². The smallest absolute Gasteiger partial charge is 0.253 e. The van der Waals surface area contributed by atoms with Crippen LogP contribution in [0.4, 0.5) is 4.39 Å². The average molecular weight is 264 g/mol. The van der Waals surface area contributed by atoms with Crippen molar-refractivity contribution >= 4 is 5.91 Å². The summed E-state index contributed by atoms with van der Waals surface area (Å²) < 4.78 is 12.8. The maximum atomic E-state index is 12.8. The van der Waals surface area contributed by atoms with Gasteiger partial charge in [-0.15, -0.1) is 0 Å². The zero-order chi connectivity index (χ0) is 13.7. The van der Waals surface area contributed by atoms with E-state index in [1.165, 1.54) is 25.0 Å². The lowest BCUT2D eigenvalue weighted by Gasteiger charge is -2.25. The van der Waals surface area contributed by atoms with Crippen molar-refractivity contribution in [3.63, 3.8) is 0 Å². The van der Waals surface area contributed by atoms with Gasteiger partial charge >= 0.3 is 0 Å². The summed E-state index contributed by atoms with van der Waals surface area (Å²) in [6, 6.07) is 5.74. The third kappa shape index (κ3) is 4.03. The van der Waals surface area contributed by atoms with Gasteiger partial charge in [0.2, 0.25) is 0 Å². The number of amides is 1. The van der Waals surface area contributed by atoms with E-state index >= 15 is 0 Å². The normalized spacial score (nSPS) is 16.3. The predicted molar refractivity (Wildman–Crippen MR) is 73.6 cm³/mol. The molecule has 1 N–H and O–H groups in total. The van der Waals surface area contributed by atoms with Crippen LogP contribution in [0.3, 0.4) is 0 Å². The molecule has 0 saturated carbocycles. The van der Waals surface area contributed by atoms with Gasteiger partial charge < -0.3 is 10.2 Å². The Hall–Kier alpha value is -1.42. The fourth-order valence-corrected chi connectivity index (χ4v) is 2.46. The van der Waals surface area contributed by atoms with Gasteiger partial charge in [-0.25, -0.2) is 4.39 Å². The second kappa shape index (κ2) is 6.66. The number of carbonyl (C=O) groups excluding carboxylic acids is 1. The van der Waals surface area contributed by atoms with Crippen molar-refractivity contribution in [1.29, 1.82) is 0 Å². The molecule has 1 heterocycles. The molecule has 0 bridgehead atoms. The Morgan fingerprint density at radius 2 is 1.95 bits per heavy atom. The molecule has 4 heteroatoms. The number of rotatable bonds is 4. The highest BCUT2D eigenvalue weighted by Gasteiger charge is 2.16. The fourth-order valence-electron chi connectivity index (χ4n) is 2.46. The highest BCUT2D eigenvalue weighted by molar-refractivity contribution is 5.93. The summed E-state index contributed by atoms with van der Waals surface area (Å²) in [7, 11) is 1.81. The summed E-state index contributed by atoms with van der Waals surface area (Å²) in [4.78, 5) is 13.9. The second-order valence-corrected chi connectivity index (χ2v) is 5.22. The van der Waals surface area contributed by atoms with Gasteiger partial charge in [0, 0.05) is 19.2 Å². The lowest BCUT2D eigenvalue weighted by Crippen LogP contribution is -2.32. The molecule has 1 saturated heterocycles. The zero-order valence-electron chi connectivity index (χ0n) is 11.4.